The van der Waals surface area contributed by atoms with Gasteiger partial charge >= 0.3 is 0 Å². The van der Waals surface area contributed by atoms with Gasteiger partial charge in [-0.25, -0.2) is 4.98 Å². The summed E-state index contributed by atoms with van der Waals surface area (Å²) in [7, 11) is 0. The van der Waals surface area contributed by atoms with E-state index in [4.69, 9.17) is 4.42 Å². The van der Waals surface area contributed by atoms with Crippen molar-refractivity contribution in [2.24, 2.45) is 5.41 Å². The number of piperidine rings is 1. The molecule has 3 heterocycles. The number of hydrogen-bond acceptors (Lipinski definition) is 4. The number of oxazole rings is 1. The molecule has 3 rings (SSSR count). The summed E-state index contributed by atoms with van der Waals surface area (Å²) in [5.74, 6) is 1.24. The van der Waals surface area contributed by atoms with Crippen LogP contribution in [0.5, 0.6) is 0 Å². The Labute approximate surface area is 115 Å². The maximum Gasteiger partial charge on any atom is 0.196 e. The van der Waals surface area contributed by atoms with Crippen molar-refractivity contribution in [3.63, 3.8) is 0 Å². The molecule has 0 unspecified atom stereocenters. The number of aromatic nitrogens is 1. The third-order valence-corrected chi connectivity index (χ3v) is 4.52. The predicted molar refractivity (Wildman–Crippen MR) is 75.0 cm³/mol. The second kappa shape index (κ2) is 5.25. The lowest BCUT2D eigenvalue weighted by molar-refractivity contribution is 0.0967. The van der Waals surface area contributed by atoms with Crippen LogP contribution in [-0.2, 0) is 6.54 Å². The molecule has 4 nitrogen and oxygen atoms in total. The normalized spacial score (nSPS) is 28.6. The van der Waals surface area contributed by atoms with Crippen LogP contribution < -0.4 is 5.32 Å². The predicted octanol–water partition coefficient (Wildman–Crippen LogP) is 2.37. The summed E-state index contributed by atoms with van der Waals surface area (Å²) in [4.78, 5) is 7.15. The summed E-state index contributed by atoms with van der Waals surface area (Å²) in [6.45, 7) is 9.98. The number of hydrogen-bond donors (Lipinski definition) is 1. The minimum Gasteiger partial charge on any atom is -0.448 e. The highest BCUT2D eigenvalue weighted by Gasteiger charge is 2.37. The minimum absolute atomic E-state index is 0.375. The van der Waals surface area contributed by atoms with E-state index in [2.05, 4.69) is 29.0 Å². The van der Waals surface area contributed by atoms with E-state index in [0.717, 1.165) is 18.1 Å². The maximum atomic E-state index is 5.53. The molecule has 0 amide bonds. The van der Waals surface area contributed by atoms with Crippen LogP contribution in [0.4, 0.5) is 0 Å². The molecule has 2 aliphatic rings. The second-order valence-electron chi connectivity index (χ2n) is 6.57. The molecule has 0 aromatic carbocycles. The molecule has 2 fully saturated rings. The van der Waals surface area contributed by atoms with Crippen LogP contribution in [0.15, 0.2) is 10.7 Å². The van der Waals surface area contributed by atoms with E-state index < -0.39 is 0 Å². The van der Waals surface area contributed by atoms with Crippen molar-refractivity contribution in [2.45, 2.75) is 45.6 Å². The van der Waals surface area contributed by atoms with E-state index in [-0.39, 0.29) is 0 Å². The topological polar surface area (TPSA) is 41.3 Å². The molecule has 106 valence electrons. The molecule has 1 atom stereocenters. The Morgan fingerprint density at radius 2 is 2.37 bits per heavy atom. The Kier molecular flexibility index (Phi) is 3.63. The van der Waals surface area contributed by atoms with E-state index in [9.17, 15) is 0 Å². The molecular weight excluding hydrogens is 238 g/mol. The van der Waals surface area contributed by atoms with Crippen LogP contribution in [0, 0.1) is 5.41 Å². The second-order valence-corrected chi connectivity index (χ2v) is 6.57. The van der Waals surface area contributed by atoms with E-state index >= 15 is 0 Å². The van der Waals surface area contributed by atoms with Crippen LogP contribution in [0.25, 0.3) is 0 Å². The fraction of sp³-hybridized carbons (Fsp3) is 0.800. The molecule has 4 heteroatoms. The summed E-state index contributed by atoms with van der Waals surface area (Å²) < 4.78 is 5.53. The maximum absolute atomic E-state index is 5.53. The van der Waals surface area contributed by atoms with Crippen LogP contribution in [0.1, 0.15) is 50.6 Å². The third-order valence-electron chi connectivity index (χ3n) is 4.52. The van der Waals surface area contributed by atoms with Gasteiger partial charge in [-0.05, 0) is 37.8 Å². The first-order valence-corrected chi connectivity index (χ1v) is 7.54. The lowest BCUT2D eigenvalue weighted by Gasteiger charge is -2.39. The standard InChI is InChI=1S/C15H25N3O/c1-12(2)14-17-13(9-19-14)8-18-7-3-4-15(11-18)5-6-16-10-15/h9,12,16H,3-8,10-11H2,1-2H3/t15-/m0/s1. The number of nitrogens with one attached hydrogen (secondary N) is 1. The Balaban J connectivity index is 1.62. The molecule has 1 N–H and O–H groups in total. The summed E-state index contributed by atoms with van der Waals surface area (Å²) in [5, 5.41) is 3.53. The van der Waals surface area contributed by atoms with Crippen molar-refractivity contribution < 1.29 is 4.42 Å². The van der Waals surface area contributed by atoms with Crippen molar-refractivity contribution in [3.8, 4) is 0 Å². The van der Waals surface area contributed by atoms with E-state index in [1.54, 1.807) is 0 Å². The first-order chi connectivity index (χ1) is 9.17. The Morgan fingerprint density at radius 1 is 1.47 bits per heavy atom. The van der Waals surface area contributed by atoms with E-state index in [0.29, 0.717) is 11.3 Å². The third kappa shape index (κ3) is 2.84. The molecule has 1 aromatic heterocycles. The average molecular weight is 263 g/mol. The molecule has 0 aliphatic carbocycles. The molecule has 2 saturated heterocycles. The lowest BCUT2D eigenvalue weighted by atomic mass is 9.79. The van der Waals surface area contributed by atoms with E-state index in [1.807, 2.05) is 6.26 Å². The monoisotopic (exact) mass is 263 g/mol. The fourth-order valence-electron chi connectivity index (χ4n) is 3.48. The van der Waals surface area contributed by atoms with Gasteiger partial charge in [0.25, 0.3) is 0 Å². The van der Waals surface area contributed by atoms with Gasteiger partial charge in [0, 0.05) is 25.6 Å². The Bertz CT molecular complexity index is 421. The average Bonchev–Trinajstić information content (AvgIpc) is 3.00. The summed E-state index contributed by atoms with van der Waals surface area (Å²) in [6, 6.07) is 0. The zero-order chi connectivity index (χ0) is 13.3. The first kappa shape index (κ1) is 13.1. The molecule has 1 aromatic rings. The Hall–Kier alpha value is -0.870. The van der Waals surface area contributed by atoms with Crippen LogP contribution >= 0.6 is 0 Å². The number of rotatable bonds is 3. The van der Waals surface area contributed by atoms with Crippen molar-refractivity contribution in [2.75, 3.05) is 26.2 Å². The van der Waals surface area contributed by atoms with Gasteiger partial charge in [-0.3, -0.25) is 4.90 Å². The van der Waals surface area contributed by atoms with Gasteiger partial charge in [0.15, 0.2) is 5.89 Å². The van der Waals surface area contributed by atoms with Crippen molar-refractivity contribution in [3.05, 3.63) is 17.8 Å². The molecular formula is C15H25N3O. The molecule has 2 aliphatic heterocycles. The fourth-order valence-corrected chi connectivity index (χ4v) is 3.48. The van der Waals surface area contributed by atoms with Gasteiger partial charge in [0.1, 0.15) is 6.26 Å². The van der Waals surface area contributed by atoms with Crippen LogP contribution in [0.3, 0.4) is 0 Å². The molecule has 1 spiro atoms. The zero-order valence-electron chi connectivity index (χ0n) is 12.1. The number of likely N-dealkylation sites (tertiary alicyclic amines) is 1. The molecule has 0 radical (unpaired) electrons. The van der Waals surface area contributed by atoms with Gasteiger partial charge < -0.3 is 9.73 Å². The van der Waals surface area contributed by atoms with Crippen molar-refractivity contribution >= 4 is 0 Å². The van der Waals surface area contributed by atoms with Crippen LogP contribution in [0.2, 0.25) is 0 Å². The van der Waals surface area contributed by atoms with Gasteiger partial charge in [-0.1, -0.05) is 13.8 Å². The molecule has 0 bridgehead atoms. The zero-order valence-corrected chi connectivity index (χ0v) is 12.1. The highest BCUT2D eigenvalue weighted by molar-refractivity contribution is 5.01. The highest BCUT2D eigenvalue weighted by atomic mass is 16.3. The largest absolute Gasteiger partial charge is 0.448 e. The van der Waals surface area contributed by atoms with Crippen molar-refractivity contribution in [1.82, 2.24) is 15.2 Å². The van der Waals surface area contributed by atoms with E-state index in [1.165, 1.54) is 45.4 Å². The van der Waals surface area contributed by atoms with Gasteiger partial charge in [-0.15, -0.1) is 0 Å². The van der Waals surface area contributed by atoms with Crippen molar-refractivity contribution in [1.29, 1.82) is 0 Å². The molecule has 0 saturated carbocycles. The van der Waals surface area contributed by atoms with Gasteiger partial charge in [-0.2, -0.15) is 0 Å². The van der Waals surface area contributed by atoms with Gasteiger partial charge in [0.05, 0.1) is 5.69 Å². The number of nitrogens with zero attached hydrogens (tertiary/aromatic N) is 2. The Morgan fingerprint density at radius 3 is 3.05 bits per heavy atom. The summed E-state index contributed by atoms with van der Waals surface area (Å²) in [6.07, 6.45) is 5.87. The SMILES string of the molecule is CC(C)c1nc(CN2CCC[C@@]3(CCNC3)C2)co1. The van der Waals surface area contributed by atoms with Crippen LogP contribution in [-0.4, -0.2) is 36.1 Å². The quantitative estimate of drug-likeness (QED) is 0.909. The minimum atomic E-state index is 0.375. The lowest BCUT2D eigenvalue weighted by Crippen LogP contribution is -2.44. The molecule has 19 heavy (non-hydrogen) atoms. The first-order valence-electron chi connectivity index (χ1n) is 7.54. The summed E-state index contributed by atoms with van der Waals surface area (Å²) in [5.41, 5.74) is 1.62. The summed E-state index contributed by atoms with van der Waals surface area (Å²) >= 11 is 0. The smallest absolute Gasteiger partial charge is 0.196 e. The highest BCUT2D eigenvalue weighted by Crippen LogP contribution is 2.35. The van der Waals surface area contributed by atoms with Gasteiger partial charge in [0.2, 0.25) is 0 Å².